The van der Waals surface area contributed by atoms with E-state index in [0.717, 1.165) is 13.1 Å². The van der Waals surface area contributed by atoms with Gasteiger partial charge in [0, 0.05) is 13.1 Å². The van der Waals surface area contributed by atoms with Crippen molar-refractivity contribution in [3.63, 3.8) is 0 Å². The predicted octanol–water partition coefficient (Wildman–Crippen LogP) is 4.64. The Hall–Kier alpha value is -2.60. The summed E-state index contributed by atoms with van der Waals surface area (Å²) in [5, 5.41) is -0.454. The average molecular weight is 482 g/mol. The highest BCUT2D eigenvalue weighted by molar-refractivity contribution is 7.88. The van der Waals surface area contributed by atoms with Crippen molar-refractivity contribution in [1.29, 1.82) is 0 Å². The average Bonchev–Trinajstić information content (AvgIpc) is 2.60. The van der Waals surface area contributed by atoms with Crippen LogP contribution in [0.4, 0.5) is 18.0 Å². The van der Waals surface area contributed by atoms with Crippen LogP contribution in [0.2, 0.25) is 5.15 Å². The van der Waals surface area contributed by atoms with Gasteiger partial charge in [0.1, 0.15) is 16.5 Å². The summed E-state index contributed by atoms with van der Waals surface area (Å²) in [5.74, 6) is -2.31. The third kappa shape index (κ3) is 7.24. The molecule has 13 heteroatoms. The number of benzene rings is 1. The number of nitrogens with zero attached hydrogens (tertiary/aromatic N) is 3. The zero-order chi connectivity index (χ0) is 23.6. The molecule has 0 N–H and O–H groups in total. The molecule has 0 bridgehead atoms. The van der Waals surface area contributed by atoms with Gasteiger partial charge in [0.05, 0.1) is 5.75 Å². The topological polar surface area (TPSA) is 98.7 Å². The van der Waals surface area contributed by atoms with Crippen LogP contribution in [-0.4, -0.2) is 41.4 Å². The van der Waals surface area contributed by atoms with E-state index in [9.17, 15) is 26.4 Å². The molecule has 1 aromatic heterocycles. The van der Waals surface area contributed by atoms with Crippen molar-refractivity contribution >= 4 is 27.7 Å². The van der Waals surface area contributed by atoms with E-state index in [1.807, 2.05) is 0 Å². The molecule has 0 aliphatic rings. The minimum atomic E-state index is -4.80. The van der Waals surface area contributed by atoms with E-state index < -0.39 is 50.5 Å². The first-order valence-electron chi connectivity index (χ1n) is 8.65. The molecule has 0 aliphatic carbocycles. The largest absolute Gasteiger partial charge is 0.451 e. The van der Waals surface area contributed by atoms with Crippen molar-refractivity contribution in [3.8, 4) is 11.6 Å². The first-order valence-corrected chi connectivity index (χ1v) is 10.6. The molecule has 1 aromatic carbocycles. The molecule has 2 rings (SSSR count). The molecule has 0 unspecified atom stereocenters. The van der Waals surface area contributed by atoms with Gasteiger partial charge in [-0.1, -0.05) is 23.7 Å². The van der Waals surface area contributed by atoms with Crippen LogP contribution in [0.1, 0.15) is 32.2 Å². The van der Waals surface area contributed by atoms with E-state index in [1.165, 1.54) is 24.3 Å². The minimum Gasteiger partial charge on any atom is -0.443 e. The lowest BCUT2D eigenvalue weighted by atomic mass is 10.2. The highest BCUT2D eigenvalue weighted by atomic mass is 35.5. The lowest BCUT2D eigenvalue weighted by molar-refractivity contribution is -0.145. The second-order valence-corrected chi connectivity index (χ2v) is 9.69. The molecule has 31 heavy (non-hydrogen) atoms. The minimum absolute atomic E-state index is 0.0875. The SMILES string of the molecule is CN(C(=O)OC(C)(C)C)S(=O)(=O)Cc1ccc(Oc2cc(Cl)nc(C(F)(F)F)n2)cc1. The molecule has 1 heterocycles. The third-order valence-electron chi connectivity index (χ3n) is 3.49. The first kappa shape index (κ1) is 24.7. The van der Waals surface area contributed by atoms with Gasteiger partial charge in [0.2, 0.25) is 21.7 Å². The fraction of sp³-hybridized carbons (Fsp3) is 0.389. The maximum absolute atomic E-state index is 12.8. The number of halogens is 4. The molecule has 0 saturated carbocycles. The van der Waals surface area contributed by atoms with Crippen LogP contribution >= 0.6 is 11.6 Å². The molecule has 0 radical (unpaired) electrons. The summed E-state index contributed by atoms with van der Waals surface area (Å²) in [6, 6.07) is 6.43. The Morgan fingerprint density at radius 3 is 2.23 bits per heavy atom. The highest BCUT2D eigenvalue weighted by Gasteiger charge is 2.35. The number of carbonyl (C=O) groups excluding carboxylic acids is 1. The molecule has 2 aromatic rings. The number of aromatic nitrogens is 2. The number of ether oxygens (including phenoxy) is 2. The van der Waals surface area contributed by atoms with Crippen LogP contribution in [-0.2, 0) is 26.7 Å². The van der Waals surface area contributed by atoms with Crippen LogP contribution in [0.25, 0.3) is 0 Å². The standard InChI is InChI=1S/C18H19ClF3N3O5S/c1-17(2,3)30-16(26)25(4)31(27,28)10-11-5-7-12(8-6-11)29-14-9-13(19)23-15(24-14)18(20,21)22/h5-9H,10H2,1-4H3. The molecule has 0 atom stereocenters. The van der Waals surface area contributed by atoms with Crippen LogP contribution in [0.5, 0.6) is 11.6 Å². The number of amides is 1. The van der Waals surface area contributed by atoms with Crippen LogP contribution in [0.15, 0.2) is 30.3 Å². The summed E-state index contributed by atoms with van der Waals surface area (Å²) in [4.78, 5) is 18.3. The van der Waals surface area contributed by atoms with Crippen molar-refractivity contribution < 1.29 is 35.9 Å². The summed E-state index contributed by atoms with van der Waals surface area (Å²) in [6.45, 7) is 4.81. The van der Waals surface area contributed by atoms with E-state index in [4.69, 9.17) is 21.1 Å². The Labute approximate surface area is 182 Å². The summed E-state index contributed by atoms with van der Waals surface area (Å²) >= 11 is 5.58. The van der Waals surface area contributed by atoms with Crippen molar-refractivity contribution in [2.24, 2.45) is 0 Å². The fourth-order valence-electron chi connectivity index (χ4n) is 2.10. The van der Waals surface area contributed by atoms with E-state index in [1.54, 1.807) is 20.8 Å². The molecule has 1 amide bonds. The number of hydrogen-bond acceptors (Lipinski definition) is 7. The Morgan fingerprint density at radius 2 is 1.71 bits per heavy atom. The zero-order valence-corrected chi connectivity index (χ0v) is 18.5. The smallest absolute Gasteiger partial charge is 0.443 e. The maximum Gasteiger partial charge on any atom is 0.451 e. The molecule has 0 saturated heterocycles. The van der Waals surface area contributed by atoms with Crippen LogP contribution in [0.3, 0.4) is 0 Å². The number of rotatable bonds is 5. The van der Waals surface area contributed by atoms with Gasteiger partial charge < -0.3 is 9.47 Å². The van der Waals surface area contributed by atoms with Gasteiger partial charge in [-0.3, -0.25) is 0 Å². The second-order valence-electron chi connectivity index (χ2n) is 7.30. The van der Waals surface area contributed by atoms with Crippen molar-refractivity contribution in [1.82, 2.24) is 14.3 Å². The lowest BCUT2D eigenvalue weighted by Gasteiger charge is -2.24. The van der Waals surface area contributed by atoms with Gasteiger partial charge in [0.25, 0.3) is 0 Å². The van der Waals surface area contributed by atoms with E-state index >= 15 is 0 Å². The monoisotopic (exact) mass is 481 g/mol. The van der Waals surface area contributed by atoms with Gasteiger partial charge in [-0.2, -0.15) is 18.2 Å². The first-order chi connectivity index (χ1) is 14.1. The fourth-order valence-corrected chi connectivity index (χ4v) is 3.34. The highest BCUT2D eigenvalue weighted by Crippen LogP contribution is 2.30. The Morgan fingerprint density at radius 1 is 1.13 bits per heavy atom. The van der Waals surface area contributed by atoms with Gasteiger partial charge in [-0.15, -0.1) is 0 Å². The second kappa shape index (κ2) is 8.87. The van der Waals surface area contributed by atoms with E-state index in [2.05, 4.69) is 9.97 Å². The molecule has 0 aliphatic heterocycles. The Bertz CT molecular complexity index is 1050. The summed E-state index contributed by atoms with van der Waals surface area (Å²) in [7, 11) is -2.95. The van der Waals surface area contributed by atoms with Gasteiger partial charge >= 0.3 is 12.3 Å². The summed E-state index contributed by atoms with van der Waals surface area (Å²) in [5.41, 5.74) is -0.560. The van der Waals surface area contributed by atoms with E-state index in [0.29, 0.717) is 9.87 Å². The van der Waals surface area contributed by atoms with Gasteiger partial charge in [0.15, 0.2) is 0 Å². The van der Waals surface area contributed by atoms with E-state index in [-0.39, 0.29) is 5.75 Å². The van der Waals surface area contributed by atoms with Gasteiger partial charge in [-0.05, 0) is 38.5 Å². The number of alkyl halides is 3. The zero-order valence-electron chi connectivity index (χ0n) is 16.9. The molecular weight excluding hydrogens is 463 g/mol. The van der Waals surface area contributed by atoms with Crippen molar-refractivity contribution in [2.45, 2.75) is 38.3 Å². The Balaban J connectivity index is 2.12. The van der Waals surface area contributed by atoms with Crippen LogP contribution in [0, 0.1) is 0 Å². The number of carbonyl (C=O) groups is 1. The molecule has 0 spiro atoms. The van der Waals surface area contributed by atoms with Crippen LogP contribution < -0.4 is 4.74 Å². The lowest BCUT2D eigenvalue weighted by Crippen LogP contribution is -2.38. The van der Waals surface area contributed by atoms with Crippen molar-refractivity contribution in [2.75, 3.05) is 7.05 Å². The molecular formula is C18H19ClF3N3O5S. The summed E-state index contributed by atoms with van der Waals surface area (Å²) in [6.07, 6.45) is -5.82. The molecule has 8 nitrogen and oxygen atoms in total. The summed E-state index contributed by atoms with van der Waals surface area (Å²) < 4.78 is 74.0. The quantitative estimate of drug-likeness (QED) is 0.574. The number of sulfonamides is 1. The number of hydrogen-bond donors (Lipinski definition) is 0. The normalized spacial score (nSPS) is 12.4. The Kier molecular flexibility index (Phi) is 7.06. The van der Waals surface area contributed by atoms with Crippen molar-refractivity contribution in [3.05, 3.63) is 46.9 Å². The molecule has 170 valence electrons. The van der Waals surface area contributed by atoms with Gasteiger partial charge in [-0.25, -0.2) is 22.5 Å². The third-order valence-corrected chi connectivity index (χ3v) is 5.36. The predicted molar refractivity (Wildman–Crippen MR) is 105 cm³/mol. The maximum atomic E-state index is 12.8. The molecule has 0 fully saturated rings.